The summed E-state index contributed by atoms with van der Waals surface area (Å²) < 4.78 is 5.15. The van der Waals surface area contributed by atoms with E-state index in [1.54, 1.807) is 7.11 Å². The molecule has 0 spiro atoms. The molecule has 0 aliphatic rings. The summed E-state index contributed by atoms with van der Waals surface area (Å²) in [5.74, 6) is 2.42. The van der Waals surface area contributed by atoms with E-state index in [9.17, 15) is 0 Å². The molecule has 1 rings (SSSR count). The van der Waals surface area contributed by atoms with Gasteiger partial charge in [-0.25, -0.2) is 9.97 Å². The third-order valence-electron chi connectivity index (χ3n) is 2.93. The summed E-state index contributed by atoms with van der Waals surface area (Å²) in [4.78, 5) is 8.93. The number of hydrogen-bond acceptors (Lipinski definition) is 6. The monoisotopic (exact) mass is 268 g/mol. The highest BCUT2D eigenvalue weighted by atomic mass is 16.5. The van der Waals surface area contributed by atoms with Gasteiger partial charge in [-0.15, -0.1) is 0 Å². The van der Waals surface area contributed by atoms with Crippen LogP contribution in [0.25, 0.3) is 0 Å². The van der Waals surface area contributed by atoms with E-state index in [-0.39, 0.29) is 12.6 Å². The summed E-state index contributed by atoms with van der Waals surface area (Å²) in [5, 5.41) is 15.5. The summed E-state index contributed by atoms with van der Waals surface area (Å²) >= 11 is 0. The average molecular weight is 268 g/mol. The van der Waals surface area contributed by atoms with Crippen molar-refractivity contribution < 1.29 is 9.84 Å². The summed E-state index contributed by atoms with van der Waals surface area (Å²) in [6.07, 6.45) is 1.40. The molecule has 1 aromatic heterocycles. The van der Waals surface area contributed by atoms with E-state index in [4.69, 9.17) is 9.84 Å². The molecule has 0 aliphatic carbocycles. The molecule has 0 radical (unpaired) electrons. The van der Waals surface area contributed by atoms with Gasteiger partial charge in [-0.1, -0.05) is 6.92 Å². The summed E-state index contributed by atoms with van der Waals surface area (Å²) in [6.45, 7) is 4.63. The lowest BCUT2D eigenvalue weighted by molar-refractivity contribution is 0.170. The normalized spacial score (nSPS) is 12.3. The highest BCUT2D eigenvalue weighted by molar-refractivity contribution is 5.57. The zero-order chi connectivity index (χ0) is 14.3. The van der Waals surface area contributed by atoms with Crippen molar-refractivity contribution in [2.45, 2.75) is 32.7 Å². The Labute approximate surface area is 114 Å². The maximum atomic E-state index is 9.07. The lowest BCUT2D eigenvalue weighted by atomic mass is 10.2. The Morgan fingerprint density at radius 3 is 2.53 bits per heavy atom. The number of rotatable bonds is 8. The van der Waals surface area contributed by atoms with E-state index in [1.807, 2.05) is 20.9 Å². The van der Waals surface area contributed by atoms with Gasteiger partial charge in [0.05, 0.1) is 12.6 Å². The largest absolute Gasteiger partial charge is 0.396 e. The predicted molar refractivity (Wildman–Crippen MR) is 76.7 cm³/mol. The second kappa shape index (κ2) is 7.91. The minimum atomic E-state index is 0.0398. The second-order valence-electron chi connectivity index (χ2n) is 4.37. The standard InChI is InChI=1S/C13H24N4O2/c1-5-11-16-12(14-3)9(2)13(17-11)15-10(6-7-18)8-19-4/h10,18H,5-8H2,1-4H3,(H2,14,15,16,17). The molecule has 1 aromatic rings. The quantitative estimate of drug-likeness (QED) is 0.657. The van der Waals surface area contributed by atoms with Crippen molar-refractivity contribution in [1.29, 1.82) is 0 Å². The Bertz CT molecular complexity index is 392. The van der Waals surface area contributed by atoms with Crippen LogP contribution in [0.1, 0.15) is 24.7 Å². The third kappa shape index (κ3) is 4.33. The molecule has 1 unspecified atom stereocenters. The zero-order valence-corrected chi connectivity index (χ0v) is 12.2. The lowest BCUT2D eigenvalue weighted by Crippen LogP contribution is -2.27. The Balaban J connectivity index is 2.96. The van der Waals surface area contributed by atoms with Crippen LogP contribution in [-0.2, 0) is 11.2 Å². The number of nitrogens with one attached hydrogen (secondary N) is 2. The minimum absolute atomic E-state index is 0.0398. The lowest BCUT2D eigenvalue weighted by Gasteiger charge is -2.20. The van der Waals surface area contributed by atoms with Gasteiger partial charge in [0.25, 0.3) is 0 Å². The van der Waals surface area contributed by atoms with Crippen LogP contribution in [0.15, 0.2) is 0 Å². The topological polar surface area (TPSA) is 79.3 Å². The number of aliphatic hydroxyl groups is 1. The van der Waals surface area contributed by atoms with Crippen molar-refractivity contribution in [1.82, 2.24) is 9.97 Å². The van der Waals surface area contributed by atoms with Gasteiger partial charge < -0.3 is 20.5 Å². The van der Waals surface area contributed by atoms with Crippen LogP contribution in [0, 0.1) is 6.92 Å². The molecule has 108 valence electrons. The van der Waals surface area contributed by atoms with Crippen molar-refractivity contribution in [2.75, 3.05) is 38.0 Å². The number of anilines is 2. The number of ether oxygens (including phenoxy) is 1. The Morgan fingerprint density at radius 2 is 2.00 bits per heavy atom. The van der Waals surface area contributed by atoms with E-state index in [1.165, 1.54) is 0 Å². The molecule has 6 nitrogen and oxygen atoms in total. The summed E-state index contributed by atoms with van der Waals surface area (Å²) in [6, 6.07) is 0.0398. The van der Waals surface area contributed by atoms with Crippen LogP contribution in [0.2, 0.25) is 0 Å². The number of aryl methyl sites for hydroxylation is 1. The van der Waals surface area contributed by atoms with Gasteiger partial charge in [-0.3, -0.25) is 0 Å². The van der Waals surface area contributed by atoms with Crippen LogP contribution in [0.5, 0.6) is 0 Å². The van der Waals surface area contributed by atoms with Crippen molar-refractivity contribution in [3.63, 3.8) is 0 Å². The van der Waals surface area contributed by atoms with Gasteiger partial charge in [-0.05, 0) is 13.3 Å². The number of hydrogen-bond donors (Lipinski definition) is 3. The van der Waals surface area contributed by atoms with Crippen LogP contribution >= 0.6 is 0 Å². The summed E-state index contributed by atoms with van der Waals surface area (Å²) in [5.41, 5.74) is 0.971. The van der Waals surface area contributed by atoms with E-state index in [2.05, 4.69) is 20.6 Å². The van der Waals surface area contributed by atoms with Gasteiger partial charge in [-0.2, -0.15) is 0 Å². The number of nitrogens with zero attached hydrogens (tertiary/aromatic N) is 2. The van der Waals surface area contributed by atoms with Crippen molar-refractivity contribution in [3.05, 3.63) is 11.4 Å². The van der Waals surface area contributed by atoms with Gasteiger partial charge in [0.1, 0.15) is 17.5 Å². The molecule has 0 saturated carbocycles. The zero-order valence-electron chi connectivity index (χ0n) is 12.2. The van der Waals surface area contributed by atoms with Crippen LogP contribution in [0.3, 0.4) is 0 Å². The highest BCUT2D eigenvalue weighted by Crippen LogP contribution is 2.21. The van der Waals surface area contributed by atoms with Gasteiger partial charge in [0.2, 0.25) is 0 Å². The predicted octanol–water partition coefficient (Wildman–Crippen LogP) is 1.20. The van der Waals surface area contributed by atoms with Gasteiger partial charge >= 0.3 is 0 Å². The average Bonchev–Trinajstić information content (AvgIpc) is 2.41. The molecule has 3 N–H and O–H groups in total. The van der Waals surface area contributed by atoms with Crippen molar-refractivity contribution in [2.24, 2.45) is 0 Å². The highest BCUT2D eigenvalue weighted by Gasteiger charge is 2.14. The van der Waals surface area contributed by atoms with E-state index >= 15 is 0 Å². The molecule has 0 amide bonds. The molecular weight excluding hydrogens is 244 g/mol. The first-order chi connectivity index (χ1) is 9.15. The molecule has 0 saturated heterocycles. The van der Waals surface area contributed by atoms with E-state index in [0.29, 0.717) is 13.0 Å². The maximum Gasteiger partial charge on any atom is 0.135 e. The molecule has 1 heterocycles. The van der Waals surface area contributed by atoms with E-state index < -0.39 is 0 Å². The van der Waals surface area contributed by atoms with Gasteiger partial charge in [0, 0.05) is 32.7 Å². The first kappa shape index (κ1) is 15.7. The number of methoxy groups -OCH3 is 1. The second-order valence-corrected chi connectivity index (χ2v) is 4.37. The fourth-order valence-corrected chi connectivity index (χ4v) is 1.85. The molecule has 0 fully saturated rings. The smallest absolute Gasteiger partial charge is 0.135 e. The fraction of sp³-hybridized carbons (Fsp3) is 0.692. The fourth-order valence-electron chi connectivity index (χ4n) is 1.85. The molecular formula is C13H24N4O2. The molecule has 19 heavy (non-hydrogen) atoms. The van der Waals surface area contributed by atoms with Crippen LogP contribution in [0.4, 0.5) is 11.6 Å². The minimum Gasteiger partial charge on any atom is -0.396 e. The first-order valence-electron chi connectivity index (χ1n) is 6.57. The van der Waals surface area contributed by atoms with E-state index in [0.717, 1.165) is 29.4 Å². The number of aliphatic hydroxyl groups excluding tert-OH is 1. The Kier molecular flexibility index (Phi) is 6.52. The van der Waals surface area contributed by atoms with Crippen molar-refractivity contribution in [3.8, 4) is 0 Å². The molecule has 1 atom stereocenters. The van der Waals surface area contributed by atoms with Gasteiger partial charge in [0.15, 0.2) is 0 Å². The number of aromatic nitrogens is 2. The molecule has 0 aromatic carbocycles. The van der Waals surface area contributed by atoms with Crippen molar-refractivity contribution >= 4 is 11.6 Å². The first-order valence-corrected chi connectivity index (χ1v) is 6.57. The third-order valence-corrected chi connectivity index (χ3v) is 2.93. The molecule has 0 aliphatic heterocycles. The maximum absolute atomic E-state index is 9.07. The summed E-state index contributed by atoms with van der Waals surface area (Å²) in [7, 11) is 3.49. The Morgan fingerprint density at radius 1 is 1.32 bits per heavy atom. The van der Waals surface area contributed by atoms with Crippen LogP contribution < -0.4 is 10.6 Å². The SMILES string of the molecule is CCc1nc(NC)c(C)c(NC(CCO)COC)n1. The molecule has 0 bridgehead atoms. The Hall–Kier alpha value is -1.40. The van der Waals surface area contributed by atoms with Crippen LogP contribution in [-0.4, -0.2) is 48.5 Å². The molecule has 6 heteroatoms.